The fourth-order valence-electron chi connectivity index (χ4n) is 1.35. The van der Waals surface area contributed by atoms with Gasteiger partial charge < -0.3 is 10.8 Å². The zero-order valence-corrected chi connectivity index (χ0v) is 10.3. The standard InChI is InChI=1S/C12H13N3.CH2O2/c1-8-3-5-10(6-4-8)11-7-14-12(13)9(2)15-11;2-1-3/h3-7H,1-2H3,(H2,13,14);1H,(H,2,3). The van der Waals surface area contributed by atoms with Crippen molar-refractivity contribution in [3.63, 3.8) is 0 Å². The van der Waals surface area contributed by atoms with Gasteiger partial charge in [0.25, 0.3) is 6.47 Å². The van der Waals surface area contributed by atoms with E-state index in [-0.39, 0.29) is 6.47 Å². The molecule has 2 aromatic rings. The first kappa shape index (κ1) is 13.6. The van der Waals surface area contributed by atoms with Crippen molar-refractivity contribution in [2.45, 2.75) is 13.8 Å². The lowest BCUT2D eigenvalue weighted by atomic mass is 10.1. The molecule has 0 aliphatic heterocycles. The van der Waals surface area contributed by atoms with Crippen LogP contribution in [0.4, 0.5) is 5.82 Å². The van der Waals surface area contributed by atoms with Crippen molar-refractivity contribution in [1.29, 1.82) is 0 Å². The molecule has 0 saturated heterocycles. The maximum Gasteiger partial charge on any atom is 0.290 e. The highest BCUT2D eigenvalue weighted by Gasteiger charge is 2.02. The lowest BCUT2D eigenvalue weighted by Crippen LogP contribution is -1.97. The van der Waals surface area contributed by atoms with Gasteiger partial charge in [0.1, 0.15) is 5.82 Å². The Morgan fingerprint density at radius 3 is 2.28 bits per heavy atom. The summed E-state index contributed by atoms with van der Waals surface area (Å²) in [4.78, 5) is 16.8. The number of hydrogen-bond donors (Lipinski definition) is 2. The number of rotatable bonds is 1. The SMILES string of the molecule is Cc1ccc(-c2cnc(N)c(C)n2)cc1.O=CO. The molecule has 0 fully saturated rings. The molecule has 0 unspecified atom stereocenters. The number of nitrogen functional groups attached to an aromatic ring is 1. The van der Waals surface area contributed by atoms with E-state index in [1.54, 1.807) is 6.20 Å². The molecular weight excluding hydrogens is 230 g/mol. The predicted octanol–water partition coefficient (Wildman–Crippen LogP) is 2.04. The molecular formula is C13H15N3O2. The maximum atomic E-state index is 8.36. The highest BCUT2D eigenvalue weighted by molar-refractivity contribution is 5.59. The van der Waals surface area contributed by atoms with Crippen molar-refractivity contribution in [3.8, 4) is 11.3 Å². The number of aromatic nitrogens is 2. The van der Waals surface area contributed by atoms with Crippen LogP contribution in [0.1, 0.15) is 11.3 Å². The fourth-order valence-corrected chi connectivity index (χ4v) is 1.35. The van der Waals surface area contributed by atoms with Crippen LogP contribution in [0, 0.1) is 13.8 Å². The Kier molecular flexibility index (Phi) is 4.80. The minimum atomic E-state index is -0.250. The van der Waals surface area contributed by atoms with Crippen LogP contribution in [0.3, 0.4) is 0 Å². The molecule has 94 valence electrons. The third-order valence-corrected chi connectivity index (χ3v) is 2.33. The molecule has 0 radical (unpaired) electrons. The number of nitrogens with two attached hydrogens (primary N) is 1. The Labute approximate surface area is 105 Å². The highest BCUT2D eigenvalue weighted by Crippen LogP contribution is 2.18. The van der Waals surface area contributed by atoms with Gasteiger partial charge in [0.05, 0.1) is 17.6 Å². The van der Waals surface area contributed by atoms with Gasteiger partial charge in [-0.05, 0) is 13.8 Å². The van der Waals surface area contributed by atoms with E-state index in [1.807, 2.05) is 19.1 Å². The van der Waals surface area contributed by atoms with E-state index in [4.69, 9.17) is 15.6 Å². The zero-order valence-electron chi connectivity index (χ0n) is 10.3. The number of anilines is 1. The molecule has 0 aliphatic carbocycles. The fraction of sp³-hybridized carbons (Fsp3) is 0.154. The Bertz CT molecular complexity index is 524. The summed E-state index contributed by atoms with van der Waals surface area (Å²) in [6.45, 7) is 3.67. The molecule has 18 heavy (non-hydrogen) atoms. The summed E-state index contributed by atoms with van der Waals surface area (Å²) in [5.41, 5.74) is 9.55. The minimum absolute atomic E-state index is 0.250. The van der Waals surface area contributed by atoms with Crippen LogP contribution >= 0.6 is 0 Å². The maximum absolute atomic E-state index is 8.36. The summed E-state index contributed by atoms with van der Waals surface area (Å²) >= 11 is 0. The van der Waals surface area contributed by atoms with Crippen LogP contribution in [0.15, 0.2) is 30.5 Å². The number of aryl methyl sites for hydroxylation is 2. The van der Waals surface area contributed by atoms with E-state index >= 15 is 0 Å². The van der Waals surface area contributed by atoms with Gasteiger partial charge in [-0.15, -0.1) is 0 Å². The molecule has 0 aliphatic rings. The van der Waals surface area contributed by atoms with Gasteiger partial charge in [-0.3, -0.25) is 4.79 Å². The first-order valence-corrected chi connectivity index (χ1v) is 5.32. The molecule has 5 heteroatoms. The molecule has 1 heterocycles. The zero-order chi connectivity index (χ0) is 13.5. The van der Waals surface area contributed by atoms with E-state index in [2.05, 4.69) is 29.0 Å². The van der Waals surface area contributed by atoms with Crippen molar-refractivity contribution < 1.29 is 9.90 Å². The lowest BCUT2D eigenvalue weighted by molar-refractivity contribution is -0.122. The molecule has 5 nitrogen and oxygen atoms in total. The number of carboxylic acid groups (broad SMARTS) is 1. The van der Waals surface area contributed by atoms with Gasteiger partial charge >= 0.3 is 0 Å². The Morgan fingerprint density at radius 1 is 1.22 bits per heavy atom. The van der Waals surface area contributed by atoms with E-state index in [0.717, 1.165) is 17.0 Å². The summed E-state index contributed by atoms with van der Waals surface area (Å²) in [5, 5.41) is 6.89. The second-order valence-electron chi connectivity index (χ2n) is 3.70. The highest BCUT2D eigenvalue weighted by atomic mass is 16.3. The largest absolute Gasteiger partial charge is 0.483 e. The smallest absolute Gasteiger partial charge is 0.290 e. The van der Waals surface area contributed by atoms with Gasteiger partial charge in [-0.1, -0.05) is 29.8 Å². The normalized spacial score (nSPS) is 9.22. The van der Waals surface area contributed by atoms with Crippen LogP contribution in [0.2, 0.25) is 0 Å². The molecule has 0 amide bonds. The van der Waals surface area contributed by atoms with Crippen LogP contribution < -0.4 is 5.73 Å². The van der Waals surface area contributed by atoms with Crippen molar-refractivity contribution in [3.05, 3.63) is 41.7 Å². The first-order chi connectivity index (χ1) is 8.58. The summed E-state index contributed by atoms with van der Waals surface area (Å²) in [5.74, 6) is 0.492. The van der Waals surface area contributed by atoms with Crippen molar-refractivity contribution in [2.24, 2.45) is 0 Å². The van der Waals surface area contributed by atoms with Gasteiger partial charge in [0.2, 0.25) is 0 Å². The summed E-state index contributed by atoms with van der Waals surface area (Å²) in [6.07, 6.45) is 1.70. The Hall–Kier alpha value is -2.43. The van der Waals surface area contributed by atoms with E-state index in [0.29, 0.717) is 5.82 Å². The molecule has 0 spiro atoms. The minimum Gasteiger partial charge on any atom is -0.483 e. The van der Waals surface area contributed by atoms with Crippen LogP contribution in [0.5, 0.6) is 0 Å². The number of carbonyl (C=O) groups is 1. The molecule has 0 bridgehead atoms. The van der Waals surface area contributed by atoms with Crippen LogP contribution in [0.25, 0.3) is 11.3 Å². The lowest BCUT2D eigenvalue weighted by Gasteiger charge is -2.03. The summed E-state index contributed by atoms with van der Waals surface area (Å²) in [6, 6.07) is 8.19. The molecule has 2 rings (SSSR count). The van der Waals surface area contributed by atoms with Crippen LogP contribution in [-0.4, -0.2) is 21.5 Å². The average molecular weight is 245 g/mol. The Balaban J connectivity index is 0.000000492. The monoisotopic (exact) mass is 245 g/mol. The van der Waals surface area contributed by atoms with E-state index < -0.39 is 0 Å². The van der Waals surface area contributed by atoms with Gasteiger partial charge in [-0.25, -0.2) is 9.97 Å². The van der Waals surface area contributed by atoms with Gasteiger partial charge in [-0.2, -0.15) is 0 Å². The second kappa shape index (κ2) is 6.34. The van der Waals surface area contributed by atoms with Gasteiger partial charge in [0.15, 0.2) is 0 Å². The van der Waals surface area contributed by atoms with Crippen molar-refractivity contribution >= 4 is 12.3 Å². The quantitative estimate of drug-likeness (QED) is 0.750. The van der Waals surface area contributed by atoms with E-state index in [1.165, 1.54) is 5.56 Å². The molecule has 0 saturated carbocycles. The molecule has 0 atom stereocenters. The molecule has 1 aromatic carbocycles. The summed E-state index contributed by atoms with van der Waals surface area (Å²) in [7, 11) is 0. The van der Waals surface area contributed by atoms with Crippen molar-refractivity contribution in [2.75, 3.05) is 5.73 Å². The van der Waals surface area contributed by atoms with Gasteiger partial charge in [0, 0.05) is 5.56 Å². The third-order valence-electron chi connectivity index (χ3n) is 2.33. The number of hydrogen-bond acceptors (Lipinski definition) is 4. The van der Waals surface area contributed by atoms with E-state index in [9.17, 15) is 0 Å². The average Bonchev–Trinajstić information content (AvgIpc) is 2.35. The van der Waals surface area contributed by atoms with Crippen molar-refractivity contribution in [1.82, 2.24) is 9.97 Å². The molecule has 1 aromatic heterocycles. The second-order valence-corrected chi connectivity index (χ2v) is 3.70. The predicted molar refractivity (Wildman–Crippen MR) is 70.0 cm³/mol. The molecule has 3 N–H and O–H groups in total. The van der Waals surface area contributed by atoms with Crippen LogP contribution in [-0.2, 0) is 4.79 Å². The first-order valence-electron chi connectivity index (χ1n) is 5.32. The summed E-state index contributed by atoms with van der Waals surface area (Å²) < 4.78 is 0. The number of benzene rings is 1. The Morgan fingerprint density at radius 2 is 1.78 bits per heavy atom. The topological polar surface area (TPSA) is 89.1 Å². The third kappa shape index (κ3) is 3.55. The number of nitrogens with zero attached hydrogens (tertiary/aromatic N) is 2.